The van der Waals surface area contributed by atoms with Crippen LogP contribution < -0.4 is 5.32 Å². The van der Waals surface area contributed by atoms with Gasteiger partial charge in [-0.3, -0.25) is 4.79 Å². The number of rotatable bonds is 4. The number of amides is 1. The van der Waals surface area contributed by atoms with Crippen LogP contribution in [0.25, 0.3) is 0 Å². The van der Waals surface area contributed by atoms with Gasteiger partial charge in [0, 0.05) is 12.1 Å². The highest BCUT2D eigenvalue weighted by Crippen LogP contribution is 2.34. The van der Waals surface area contributed by atoms with E-state index in [1.54, 1.807) is 0 Å². The zero-order valence-electron chi connectivity index (χ0n) is 15.9. The number of benzene rings is 3. The Balaban J connectivity index is 1.85. The summed E-state index contributed by atoms with van der Waals surface area (Å²) in [6.45, 7) is 1.44. The van der Waals surface area contributed by atoms with Gasteiger partial charge in [0.1, 0.15) is 28.8 Å². The number of halogens is 7. The van der Waals surface area contributed by atoms with Crippen LogP contribution in [0.1, 0.15) is 32.6 Å². The van der Waals surface area contributed by atoms with Gasteiger partial charge in [0.25, 0.3) is 5.91 Å². The maximum atomic E-state index is 14.5. The van der Waals surface area contributed by atoms with Gasteiger partial charge in [-0.1, -0.05) is 6.07 Å². The van der Waals surface area contributed by atoms with Crippen LogP contribution in [0.4, 0.5) is 36.4 Å². The highest BCUT2D eigenvalue weighted by Gasteiger charge is 2.33. The first-order valence-electron chi connectivity index (χ1n) is 8.86. The fourth-order valence-electron chi connectivity index (χ4n) is 3.07. The molecule has 0 spiro atoms. The number of nitrogens with one attached hydrogen (secondary N) is 1. The zero-order chi connectivity index (χ0) is 22.9. The summed E-state index contributed by atoms with van der Waals surface area (Å²) in [7, 11) is 0. The average Bonchev–Trinajstić information content (AvgIpc) is 2.62. The lowest BCUT2D eigenvalue weighted by Crippen LogP contribution is -2.16. The number of carbonyl (C=O) groups is 1. The van der Waals surface area contributed by atoms with E-state index in [0.29, 0.717) is 18.2 Å². The van der Waals surface area contributed by atoms with E-state index in [1.807, 2.05) is 0 Å². The summed E-state index contributed by atoms with van der Waals surface area (Å²) in [4.78, 5) is 12.2. The first-order chi connectivity index (χ1) is 14.5. The SMILES string of the molecule is Cc1cc(F)c(C(=O)Nc2ccc(Cc3cc(F)ccc3C(F)(F)F)c(F)c2)c(F)c1. The number of hydrogen-bond acceptors (Lipinski definition) is 1. The van der Waals surface area contributed by atoms with E-state index in [0.717, 1.165) is 30.3 Å². The molecule has 0 saturated heterocycles. The monoisotopic (exact) mass is 441 g/mol. The standard InChI is InChI=1S/C22H14F7NO/c1-11-6-18(25)20(19(26)7-11)21(31)30-15-4-2-12(17(24)10-15)8-13-9-14(23)3-5-16(13)22(27,28)29/h2-7,9-10H,8H2,1H3,(H,30,31). The van der Waals surface area contributed by atoms with Crippen LogP contribution >= 0.6 is 0 Å². The van der Waals surface area contributed by atoms with Crippen molar-refractivity contribution in [1.82, 2.24) is 0 Å². The van der Waals surface area contributed by atoms with Gasteiger partial charge < -0.3 is 5.32 Å². The summed E-state index contributed by atoms with van der Waals surface area (Å²) in [6, 6.07) is 6.86. The molecule has 0 fully saturated rings. The van der Waals surface area contributed by atoms with Gasteiger partial charge in [-0.25, -0.2) is 17.6 Å². The minimum absolute atomic E-state index is 0.166. The van der Waals surface area contributed by atoms with Gasteiger partial charge in [-0.05, 0) is 66.1 Å². The average molecular weight is 441 g/mol. The first-order valence-corrected chi connectivity index (χ1v) is 8.86. The summed E-state index contributed by atoms with van der Waals surface area (Å²) in [5.74, 6) is -5.25. The number of aryl methyl sites for hydroxylation is 1. The Hall–Kier alpha value is -3.36. The van der Waals surface area contributed by atoms with Gasteiger partial charge in [0.2, 0.25) is 0 Å². The van der Waals surface area contributed by atoms with Crippen molar-refractivity contribution in [2.75, 3.05) is 5.32 Å². The normalized spacial score (nSPS) is 11.5. The Morgan fingerprint density at radius 2 is 1.48 bits per heavy atom. The van der Waals surface area contributed by atoms with Gasteiger partial charge in [0.15, 0.2) is 0 Å². The Morgan fingerprint density at radius 1 is 0.839 bits per heavy atom. The summed E-state index contributed by atoms with van der Waals surface area (Å²) in [5, 5.41) is 2.14. The van der Waals surface area contributed by atoms with Gasteiger partial charge in [0.05, 0.1) is 5.56 Å². The Morgan fingerprint density at radius 3 is 2.06 bits per heavy atom. The quantitative estimate of drug-likeness (QED) is 0.466. The van der Waals surface area contributed by atoms with Crippen molar-refractivity contribution in [2.24, 2.45) is 0 Å². The molecule has 31 heavy (non-hydrogen) atoms. The molecule has 0 aliphatic rings. The van der Waals surface area contributed by atoms with E-state index < -0.39 is 58.5 Å². The molecule has 3 aromatic carbocycles. The van der Waals surface area contributed by atoms with Crippen molar-refractivity contribution in [3.05, 3.63) is 99.6 Å². The van der Waals surface area contributed by atoms with Crippen molar-refractivity contribution in [2.45, 2.75) is 19.5 Å². The molecule has 3 rings (SSSR count). The number of carbonyl (C=O) groups excluding carboxylic acids is 1. The van der Waals surface area contributed by atoms with Crippen LogP contribution in [-0.2, 0) is 12.6 Å². The highest BCUT2D eigenvalue weighted by atomic mass is 19.4. The summed E-state index contributed by atoms with van der Waals surface area (Å²) < 4.78 is 95.1. The molecule has 9 heteroatoms. The number of hydrogen-bond donors (Lipinski definition) is 1. The topological polar surface area (TPSA) is 29.1 Å². The van der Waals surface area contributed by atoms with Gasteiger partial charge in [-0.2, -0.15) is 13.2 Å². The molecule has 0 aliphatic heterocycles. The van der Waals surface area contributed by atoms with E-state index in [1.165, 1.54) is 6.92 Å². The molecule has 0 heterocycles. The second kappa shape index (κ2) is 8.41. The van der Waals surface area contributed by atoms with Crippen LogP contribution in [0.15, 0.2) is 48.5 Å². The van der Waals surface area contributed by atoms with E-state index >= 15 is 0 Å². The molecular weight excluding hydrogens is 427 g/mol. The molecule has 3 aromatic rings. The first kappa shape index (κ1) is 22.3. The zero-order valence-corrected chi connectivity index (χ0v) is 15.9. The van der Waals surface area contributed by atoms with Gasteiger partial charge in [-0.15, -0.1) is 0 Å². The van der Waals surface area contributed by atoms with Gasteiger partial charge >= 0.3 is 6.18 Å². The largest absolute Gasteiger partial charge is 0.416 e. The van der Waals surface area contributed by atoms with E-state index in [9.17, 15) is 35.5 Å². The molecule has 0 aromatic heterocycles. The summed E-state index contributed by atoms with van der Waals surface area (Å²) >= 11 is 0. The van der Waals surface area contributed by atoms with Crippen molar-refractivity contribution in [3.63, 3.8) is 0 Å². The fraction of sp³-hybridized carbons (Fsp3) is 0.136. The molecule has 1 N–H and O–H groups in total. The smallest absolute Gasteiger partial charge is 0.322 e. The molecular formula is C22H14F7NO. The molecule has 1 amide bonds. The van der Waals surface area contributed by atoms with E-state index in [4.69, 9.17) is 0 Å². The minimum atomic E-state index is -4.75. The van der Waals surface area contributed by atoms with Crippen LogP contribution in [0.3, 0.4) is 0 Å². The van der Waals surface area contributed by atoms with Crippen molar-refractivity contribution in [1.29, 1.82) is 0 Å². The van der Waals surface area contributed by atoms with Crippen LogP contribution in [0.2, 0.25) is 0 Å². The lowest BCUT2D eigenvalue weighted by molar-refractivity contribution is -0.138. The van der Waals surface area contributed by atoms with Crippen LogP contribution in [-0.4, -0.2) is 5.91 Å². The second-order valence-corrected chi connectivity index (χ2v) is 6.84. The predicted octanol–water partition coefficient (Wildman–Crippen LogP) is 6.41. The molecule has 0 saturated carbocycles. The minimum Gasteiger partial charge on any atom is -0.322 e. The third-order valence-electron chi connectivity index (χ3n) is 4.48. The molecule has 0 radical (unpaired) electrons. The summed E-state index contributed by atoms with van der Waals surface area (Å²) in [6.07, 6.45) is -5.32. The second-order valence-electron chi connectivity index (χ2n) is 6.84. The maximum absolute atomic E-state index is 14.5. The predicted molar refractivity (Wildman–Crippen MR) is 99.7 cm³/mol. The lowest BCUT2D eigenvalue weighted by Gasteiger charge is -2.14. The number of alkyl halides is 3. The van der Waals surface area contributed by atoms with E-state index in [2.05, 4.69) is 5.32 Å². The third-order valence-corrected chi connectivity index (χ3v) is 4.48. The Bertz CT molecular complexity index is 1130. The molecule has 0 unspecified atom stereocenters. The lowest BCUT2D eigenvalue weighted by atomic mass is 9.98. The molecule has 2 nitrogen and oxygen atoms in total. The maximum Gasteiger partial charge on any atom is 0.416 e. The fourth-order valence-corrected chi connectivity index (χ4v) is 3.07. The Labute approximate surface area is 172 Å². The van der Waals surface area contributed by atoms with Crippen molar-refractivity contribution >= 4 is 11.6 Å². The Kier molecular flexibility index (Phi) is 6.06. The molecule has 0 atom stereocenters. The molecule has 162 valence electrons. The molecule has 0 aliphatic carbocycles. The summed E-state index contributed by atoms with van der Waals surface area (Å²) in [5.41, 5.74) is -2.52. The third kappa shape index (κ3) is 5.04. The van der Waals surface area contributed by atoms with E-state index in [-0.39, 0.29) is 16.8 Å². The molecule has 0 bridgehead atoms. The van der Waals surface area contributed by atoms with Crippen molar-refractivity contribution in [3.8, 4) is 0 Å². The van der Waals surface area contributed by atoms with Crippen LogP contribution in [0, 0.1) is 30.2 Å². The number of anilines is 1. The van der Waals surface area contributed by atoms with Crippen LogP contribution in [0.5, 0.6) is 0 Å². The highest BCUT2D eigenvalue weighted by molar-refractivity contribution is 6.04. The van der Waals surface area contributed by atoms with Crippen molar-refractivity contribution < 1.29 is 35.5 Å².